The number of aliphatic hydroxyl groups excluding tert-OH is 1. The van der Waals surface area contributed by atoms with Crippen LogP contribution in [0.25, 0.3) is 11.1 Å². The van der Waals surface area contributed by atoms with Gasteiger partial charge in [0.15, 0.2) is 0 Å². The lowest BCUT2D eigenvalue weighted by molar-refractivity contribution is -0.143. The lowest BCUT2D eigenvalue weighted by Crippen LogP contribution is -2.09. The summed E-state index contributed by atoms with van der Waals surface area (Å²) in [4.78, 5) is 11.3. The van der Waals surface area contributed by atoms with Gasteiger partial charge in [0.2, 0.25) is 0 Å². The number of aromatic nitrogens is 2. The van der Waals surface area contributed by atoms with Gasteiger partial charge in [-0.05, 0) is 18.1 Å². The molecule has 0 saturated carbocycles. The Morgan fingerprint density at radius 1 is 1.30 bits per heavy atom. The van der Waals surface area contributed by atoms with Gasteiger partial charge in [0.1, 0.15) is 0 Å². The maximum Gasteiger partial charge on any atom is 0.307 e. The number of esters is 1. The molecule has 1 N–H and O–H groups in total. The Balaban J connectivity index is 1.99. The van der Waals surface area contributed by atoms with Crippen molar-refractivity contribution in [3.8, 4) is 11.1 Å². The average Bonchev–Trinajstić information content (AvgIpc) is 2.94. The Morgan fingerprint density at radius 2 is 2.05 bits per heavy atom. The first-order valence-corrected chi connectivity index (χ1v) is 6.61. The average molecular weight is 274 g/mol. The molecule has 20 heavy (non-hydrogen) atoms. The van der Waals surface area contributed by atoms with Gasteiger partial charge >= 0.3 is 5.97 Å². The van der Waals surface area contributed by atoms with Crippen LogP contribution in [0, 0.1) is 0 Å². The second-order valence-electron chi connectivity index (χ2n) is 4.40. The number of rotatable bonds is 6. The van der Waals surface area contributed by atoms with Crippen LogP contribution in [0.1, 0.15) is 18.9 Å². The van der Waals surface area contributed by atoms with Crippen molar-refractivity contribution < 1.29 is 14.6 Å². The van der Waals surface area contributed by atoms with E-state index in [0.717, 1.165) is 16.7 Å². The summed E-state index contributed by atoms with van der Waals surface area (Å²) in [6, 6.07) is 7.65. The molecule has 2 aromatic rings. The van der Waals surface area contributed by atoms with Crippen molar-refractivity contribution in [2.75, 3.05) is 6.61 Å². The molecule has 5 heteroatoms. The minimum Gasteiger partial charge on any atom is -0.466 e. The quantitative estimate of drug-likeness (QED) is 0.818. The van der Waals surface area contributed by atoms with Gasteiger partial charge < -0.3 is 9.84 Å². The van der Waals surface area contributed by atoms with Gasteiger partial charge in [-0.1, -0.05) is 24.3 Å². The van der Waals surface area contributed by atoms with Gasteiger partial charge in [0, 0.05) is 11.8 Å². The van der Waals surface area contributed by atoms with Crippen molar-refractivity contribution in [3.63, 3.8) is 0 Å². The minimum atomic E-state index is -0.211. The third-order valence-corrected chi connectivity index (χ3v) is 2.95. The highest BCUT2D eigenvalue weighted by molar-refractivity contribution is 5.69. The van der Waals surface area contributed by atoms with Gasteiger partial charge in [-0.15, -0.1) is 0 Å². The largest absolute Gasteiger partial charge is 0.466 e. The molecule has 0 saturated heterocycles. The summed E-state index contributed by atoms with van der Waals surface area (Å²) in [7, 11) is 0. The molecule has 0 aliphatic carbocycles. The summed E-state index contributed by atoms with van der Waals surface area (Å²) in [6.07, 6.45) is 3.98. The Kier molecular flexibility index (Phi) is 4.90. The van der Waals surface area contributed by atoms with Crippen molar-refractivity contribution in [2.45, 2.75) is 26.5 Å². The van der Waals surface area contributed by atoms with Crippen LogP contribution in [0.15, 0.2) is 36.7 Å². The molecule has 0 unspecified atom stereocenters. The molecule has 1 heterocycles. The SMILES string of the molecule is CCOC(=O)CCn1cc(-c2ccc(CO)cc2)cn1. The molecule has 0 amide bonds. The summed E-state index contributed by atoms with van der Waals surface area (Å²) >= 11 is 0. The highest BCUT2D eigenvalue weighted by atomic mass is 16.5. The maximum atomic E-state index is 11.3. The van der Waals surface area contributed by atoms with E-state index < -0.39 is 0 Å². The zero-order valence-corrected chi connectivity index (χ0v) is 11.5. The van der Waals surface area contributed by atoms with E-state index in [9.17, 15) is 4.79 Å². The van der Waals surface area contributed by atoms with Gasteiger partial charge in [0.05, 0.1) is 32.4 Å². The maximum absolute atomic E-state index is 11.3. The topological polar surface area (TPSA) is 64.3 Å². The molecule has 0 bridgehead atoms. The van der Waals surface area contributed by atoms with Crippen molar-refractivity contribution >= 4 is 5.97 Å². The van der Waals surface area contributed by atoms with Crippen LogP contribution >= 0.6 is 0 Å². The molecule has 1 aromatic heterocycles. The number of carbonyl (C=O) groups is 1. The first kappa shape index (κ1) is 14.3. The monoisotopic (exact) mass is 274 g/mol. The van der Waals surface area contributed by atoms with E-state index in [1.165, 1.54) is 0 Å². The second kappa shape index (κ2) is 6.86. The number of carbonyl (C=O) groups excluding carboxylic acids is 1. The van der Waals surface area contributed by atoms with Gasteiger partial charge in [-0.2, -0.15) is 5.10 Å². The third kappa shape index (κ3) is 3.68. The van der Waals surface area contributed by atoms with E-state index in [1.54, 1.807) is 17.8 Å². The Labute approximate surface area is 117 Å². The fourth-order valence-corrected chi connectivity index (χ4v) is 1.88. The molecule has 2 rings (SSSR count). The van der Waals surface area contributed by atoms with E-state index in [2.05, 4.69) is 5.10 Å². The fraction of sp³-hybridized carbons (Fsp3) is 0.333. The second-order valence-corrected chi connectivity index (χ2v) is 4.40. The summed E-state index contributed by atoms with van der Waals surface area (Å²) in [5.74, 6) is -0.211. The summed E-state index contributed by atoms with van der Waals surface area (Å²) in [5, 5.41) is 13.2. The Bertz CT molecular complexity index is 561. The van der Waals surface area contributed by atoms with Crippen molar-refractivity contribution in [1.82, 2.24) is 9.78 Å². The standard InChI is InChI=1S/C15H18N2O3/c1-2-20-15(19)7-8-17-10-14(9-16-17)13-5-3-12(11-18)4-6-13/h3-6,9-10,18H,2,7-8,11H2,1H3. The van der Waals surface area contributed by atoms with Gasteiger partial charge in [0.25, 0.3) is 0 Å². The number of hydrogen-bond acceptors (Lipinski definition) is 4. The number of benzene rings is 1. The van der Waals surface area contributed by atoms with Crippen LogP contribution in [-0.2, 0) is 22.7 Å². The van der Waals surface area contributed by atoms with Gasteiger partial charge in [-0.3, -0.25) is 9.48 Å². The van der Waals surface area contributed by atoms with Crippen molar-refractivity contribution in [3.05, 3.63) is 42.2 Å². The molecular formula is C15H18N2O3. The van der Waals surface area contributed by atoms with Crippen LogP contribution in [-0.4, -0.2) is 27.5 Å². The molecule has 106 valence electrons. The fourth-order valence-electron chi connectivity index (χ4n) is 1.88. The van der Waals surface area contributed by atoms with Crippen LogP contribution in [0.5, 0.6) is 0 Å². The summed E-state index contributed by atoms with van der Waals surface area (Å²) in [6.45, 7) is 2.74. The molecule has 0 atom stereocenters. The molecule has 0 spiro atoms. The van der Waals surface area contributed by atoms with Crippen LogP contribution in [0.4, 0.5) is 0 Å². The molecule has 0 aliphatic heterocycles. The molecule has 1 aromatic carbocycles. The van der Waals surface area contributed by atoms with Crippen molar-refractivity contribution in [2.24, 2.45) is 0 Å². The van der Waals surface area contributed by atoms with E-state index in [1.807, 2.05) is 30.5 Å². The normalized spacial score (nSPS) is 10.5. The van der Waals surface area contributed by atoms with Crippen LogP contribution < -0.4 is 0 Å². The number of nitrogens with zero attached hydrogens (tertiary/aromatic N) is 2. The van der Waals surface area contributed by atoms with Gasteiger partial charge in [-0.25, -0.2) is 0 Å². The molecule has 0 radical (unpaired) electrons. The van der Waals surface area contributed by atoms with Crippen LogP contribution in [0.2, 0.25) is 0 Å². The highest BCUT2D eigenvalue weighted by Crippen LogP contribution is 2.19. The van der Waals surface area contributed by atoms with E-state index in [4.69, 9.17) is 9.84 Å². The molecule has 0 fully saturated rings. The Morgan fingerprint density at radius 3 is 2.70 bits per heavy atom. The Hall–Kier alpha value is -2.14. The summed E-state index contributed by atoms with van der Waals surface area (Å²) < 4.78 is 6.61. The predicted octanol–water partition coefficient (Wildman–Crippen LogP) is 2.00. The number of hydrogen-bond donors (Lipinski definition) is 1. The molecule has 0 aliphatic rings. The number of aryl methyl sites for hydroxylation is 1. The lowest BCUT2D eigenvalue weighted by atomic mass is 10.1. The lowest BCUT2D eigenvalue weighted by Gasteiger charge is -2.02. The molecule has 5 nitrogen and oxygen atoms in total. The van der Waals surface area contributed by atoms with E-state index in [0.29, 0.717) is 19.6 Å². The van der Waals surface area contributed by atoms with Crippen molar-refractivity contribution in [1.29, 1.82) is 0 Å². The van der Waals surface area contributed by atoms with E-state index in [-0.39, 0.29) is 12.6 Å². The first-order chi connectivity index (χ1) is 9.72. The minimum absolute atomic E-state index is 0.0408. The zero-order valence-electron chi connectivity index (χ0n) is 11.5. The third-order valence-electron chi connectivity index (χ3n) is 2.95. The predicted molar refractivity (Wildman–Crippen MR) is 74.8 cm³/mol. The number of ether oxygens (including phenoxy) is 1. The van der Waals surface area contributed by atoms with E-state index >= 15 is 0 Å². The molecular weight excluding hydrogens is 256 g/mol. The summed E-state index contributed by atoms with van der Waals surface area (Å²) in [5.41, 5.74) is 2.89. The highest BCUT2D eigenvalue weighted by Gasteiger charge is 2.05. The first-order valence-electron chi connectivity index (χ1n) is 6.61. The zero-order chi connectivity index (χ0) is 14.4. The smallest absolute Gasteiger partial charge is 0.307 e. The number of aliphatic hydroxyl groups is 1. The van der Waals surface area contributed by atoms with Crippen LogP contribution in [0.3, 0.4) is 0 Å².